The van der Waals surface area contributed by atoms with Crippen LogP contribution in [0.4, 0.5) is 5.69 Å². The number of H-pyrrole nitrogens is 1. The zero-order valence-electron chi connectivity index (χ0n) is 13.4. The van der Waals surface area contributed by atoms with Crippen molar-refractivity contribution in [1.29, 1.82) is 0 Å². The second-order valence-electron chi connectivity index (χ2n) is 5.67. The van der Waals surface area contributed by atoms with Crippen LogP contribution in [0.15, 0.2) is 60.7 Å². The number of aromatic nitrogens is 2. The minimum atomic E-state index is -3.40. The average molecular weight is 341 g/mol. The third-order valence-electron chi connectivity index (χ3n) is 3.64. The lowest BCUT2D eigenvalue weighted by Gasteiger charge is -2.09. The maximum atomic E-state index is 12.3. The van der Waals surface area contributed by atoms with E-state index in [1.54, 1.807) is 12.1 Å². The Bertz CT molecular complexity index is 918. The molecule has 2 aromatic carbocycles. The lowest BCUT2D eigenvalue weighted by atomic mass is 10.1. The van der Waals surface area contributed by atoms with Gasteiger partial charge in [0.05, 0.1) is 11.4 Å². The Balaban J connectivity index is 1.70. The van der Waals surface area contributed by atoms with E-state index in [4.69, 9.17) is 0 Å². The molecule has 0 aliphatic rings. The summed E-state index contributed by atoms with van der Waals surface area (Å²) in [5.74, 6) is 0.0444. The van der Waals surface area contributed by atoms with E-state index < -0.39 is 10.0 Å². The van der Waals surface area contributed by atoms with E-state index in [-0.39, 0.29) is 5.75 Å². The van der Waals surface area contributed by atoms with Crippen molar-refractivity contribution >= 4 is 15.7 Å². The molecule has 124 valence electrons. The summed E-state index contributed by atoms with van der Waals surface area (Å²) in [6, 6.07) is 18.7. The Morgan fingerprint density at radius 3 is 2.54 bits per heavy atom. The van der Waals surface area contributed by atoms with Crippen molar-refractivity contribution < 1.29 is 8.42 Å². The average Bonchev–Trinajstić information content (AvgIpc) is 3.01. The molecule has 3 rings (SSSR count). The summed E-state index contributed by atoms with van der Waals surface area (Å²) in [4.78, 5) is 0. The van der Waals surface area contributed by atoms with E-state index in [1.165, 1.54) is 0 Å². The van der Waals surface area contributed by atoms with Gasteiger partial charge in [-0.2, -0.15) is 5.10 Å². The normalized spacial score (nSPS) is 11.4. The monoisotopic (exact) mass is 341 g/mol. The minimum Gasteiger partial charge on any atom is -0.284 e. The molecule has 0 aliphatic carbocycles. The quantitative estimate of drug-likeness (QED) is 0.722. The van der Waals surface area contributed by atoms with Crippen molar-refractivity contribution in [3.05, 3.63) is 71.9 Å². The third-order valence-corrected chi connectivity index (χ3v) is 4.93. The van der Waals surface area contributed by atoms with E-state index in [0.717, 1.165) is 22.5 Å². The summed E-state index contributed by atoms with van der Waals surface area (Å²) in [6.07, 6.45) is 0.481. The largest absolute Gasteiger partial charge is 0.284 e. The van der Waals surface area contributed by atoms with Crippen LogP contribution in [0.2, 0.25) is 0 Å². The molecule has 24 heavy (non-hydrogen) atoms. The van der Waals surface area contributed by atoms with Gasteiger partial charge in [0.2, 0.25) is 10.0 Å². The maximum Gasteiger partial charge on any atom is 0.233 e. The van der Waals surface area contributed by atoms with Gasteiger partial charge in [-0.05, 0) is 37.1 Å². The first-order valence-corrected chi connectivity index (χ1v) is 9.34. The predicted octanol–water partition coefficient (Wildman–Crippen LogP) is 3.37. The molecule has 0 amide bonds. The summed E-state index contributed by atoms with van der Waals surface area (Å²) in [5, 5.41) is 7.08. The predicted molar refractivity (Wildman–Crippen MR) is 96.3 cm³/mol. The number of hydrogen-bond acceptors (Lipinski definition) is 3. The van der Waals surface area contributed by atoms with E-state index in [2.05, 4.69) is 14.9 Å². The Morgan fingerprint density at radius 2 is 1.83 bits per heavy atom. The highest BCUT2D eigenvalue weighted by Crippen LogP contribution is 2.22. The number of aromatic amines is 1. The van der Waals surface area contributed by atoms with Gasteiger partial charge >= 0.3 is 0 Å². The standard InChI is InChI=1S/C18H19N3O2S/c1-14-12-18(20-19-14)16-8-5-9-17(13-16)21-24(22,23)11-10-15-6-3-2-4-7-15/h2-9,12-13,21H,10-11H2,1H3,(H,19,20). The summed E-state index contributed by atoms with van der Waals surface area (Å²) in [6.45, 7) is 1.92. The number of hydrogen-bond donors (Lipinski definition) is 2. The molecular formula is C18H19N3O2S. The van der Waals surface area contributed by atoms with Crippen molar-refractivity contribution in [3.8, 4) is 11.3 Å². The van der Waals surface area contributed by atoms with Crippen LogP contribution in [-0.4, -0.2) is 24.4 Å². The summed E-state index contributed by atoms with van der Waals surface area (Å²) >= 11 is 0. The van der Waals surface area contributed by atoms with Gasteiger partial charge in [-0.25, -0.2) is 8.42 Å². The van der Waals surface area contributed by atoms with E-state index in [9.17, 15) is 8.42 Å². The second-order valence-corrected chi connectivity index (χ2v) is 7.52. The van der Waals surface area contributed by atoms with Gasteiger partial charge in [-0.15, -0.1) is 0 Å². The maximum absolute atomic E-state index is 12.3. The number of nitrogens with one attached hydrogen (secondary N) is 2. The topological polar surface area (TPSA) is 74.8 Å². The van der Waals surface area contributed by atoms with Gasteiger partial charge in [0, 0.05) is 16.9 Å². The summed E-state index contributed by atoms with van der Waals surface area (Å²) in [7, 11) is -3.40. The fourth-order valence-corrected chi connectivity index (χ4v) is 3.53. The fourth-order valence-electron chi connectivity index (χ4n) is 2.44. The van der Waals surface area contributed by atoms with Gasteiger partial charge in [0.1, 0.15) is 0 Å². The first kappa shape index (κ1) is 16.3. The van der Waals surface area contributed by atoms with Crippen molar-refractivity contribution in [2.24, 2.45) is 0 Å². The first-order valence-electron chi connectivity index (χ1n) is 7.69. The molecule has 0 saturated carbocycles. The highest BCUT2D eigenvalue weighted by atomic mass is 32.2. The van der Waals surface area contributed by atoms with Crippen LogP contribution >= 0.6 is 0 Å². The van der Waals surface area contributed by atoms with Crippen LogP contribution in [0.3, 0.4) is 0 Å². The molecule has 1 heterocycles. The molecule has 6 heteroatoms. The molecule has 0 spiro atoms. The van der Waals surface area contributed by atoms with Gasteiger partial charge < -0.3 is 0 Å². The number of rotatable bonds is 6. The smallest absolute Gasteiger partial charge is 0.233 e. The van der Waals surface area contributed by atoms with Crippen molar-refractivity contribution in [2.75, 3.05) is 10.5 Å². The van der Waals surface area contributed by atoms with E-state index in [0.29, 0.717) is 12.1 Å². The van der Waals surface area contributed by atoms with Gasteiger partial charge in [-0.1, -0.05) is 42.5 Å². The van der Waals surface area contributed by atoms with Gasteiger partial charge in [0.25, 0.3) is 0 Å². The van der Waals surface area contributed by atoms with E-state index >= 15 is 0 Å². The Morgan fingerprint density at radius 1 is 1.04 bits per heavy atom. The summed E-state index contributed by atoms with van der Waals surface area (Å²) in [5.41, 5.74) is 4.16. The van der Waals surface area contributed by atoms with Crippen LogP contribution < -0.4 is 4.72 Å². The lowest BCUT2D eigenvalue weighted by molar-refractivity contribution is 0.600. The molecule has 3 aromatic rings. The van der Waals surface area contributed by atoms with Crippen molar-refractivity contribution in [3.63, 3.8) is 0 Å². The van der Waals surface area contributed by atoms with Gasteiger partial charge in [-0.3, -0.25) is 9.82 Å². The molecular weight excluding hydrogens is 322 g/mol. The van der Waals surface area contributed by atoms with Crippen LogP contribution in [0.25, 0.3) is 11.3 Å². The Hall–Kier alpha value is -2.60. The minimum absolute atomic E-state index is 0.0444. The Kier molecular flexibility index (Phi) is 4.66. The van der Waals surface area contributed by atoms with Crippen molar-refractivity contribution in [2.45, 2.75) is 13.3 Å². The van der Waals surface area contributed by atoms with E-state index in [1.807, 2.05) is 55.5 Å². The zero-order chi connectivity index (χ0) is 17.0. The van der Waals surface area contributed by atoms with Crippen LogP contribution in [0.5, 0.6) is 0 Å². The molecule has 0 fully saturated rings. The number of anilines is 1. The number of benzene rings is 2. The number of nitrogens with zero attached hydrogens (tertiary/aromatic N) is 1. The third kappa shape index (κ3) is 4.23. The molecule has 0 aliphatic heterocycles. The summed E-state index contributed by atoms with van der Waals surface area (Å²) < 4.78 is 27.2. The lowest BCUT2D eigenvalue weighted by Crippen LogP contribution is -2.18. The number of aryl methyl sites for hydroxylation is 2. The Labute approximate surface area is 141 Å². The molecule has 0 atom stereocenters. The SMILES string of the molecule is Cc1cc(-c2cccc(NS(=O)(=O)CCc3ccccc3)c2)n[nH]1. The molecule has 0 unspecified atom stereocenters. The highest BCUT2D eigenvalue weighted by Gasteiger charge is 2.11. The van der Waals surface area contributed by atoms with Crippen LogP contribution in [-0.2, 0) is 16.4 Å². The molecule has 2 N–H and O–H groups in total. The fraction of sp³-hybridized carbons (Fsp3) is 0.167. The van der Waals surface area contributed by atoms with Gasteiger partial charge in [0.15, 0.2) is 0 Å². The molecule has 0 bridgehead atoms. The molecule has 0 saturated heterocycles. The second kappa shape index (κ2) is 6.88. The molecule has 1 aromatic heterocycles. The zero-order valence-corrected chi connectivity index (χ0v) is 14.2. The first-order chi connectivity index (χ1) is 11.5. The molecule has 5 nitrogen and oxygen atoms in total. The van der Waals surface area contributed by atoms with Crippen LogP contribution in [0, 0.1) is 6.92 Å². The molecule has 0 radical (unpaired) electrons. The van der Waals surface area contributed by atoms with Crippen LogP contribution in [0.1, 0.15) is 11.3 Å². The number of sulfonamides is 1. The van der Waals surface area contributed by atoms with Crippen molar-refractivity contribution in [1.82, 2.24) is 10.2 Å². The highest BCUT2D eigenvalue weighted by molar-refractivity contribution is 7.92.